The molecule has 1 aliphatic heterocycles. The van der Waals surface area contributed by atoms with Crippen molar-refractivity contribution in [1.82, 2.24) is 9.62 Å². The van der Waals surface area contributed by atoms with E-state index in [1.165, 1.54) is 11.2 Å². The Morgan fingerprint density at radius 1 is 1.43 bits per heavy atom. The largest absolute Gasteiger partial charge is 0.494 e. The summed E-state index contributed by atoms with van der Waals surface area (Å²) in [6.45, 7) is 6.43. The molecule has 0 aromatic heterocycles. The first kappa shape index (κ1) is 17.7. The van der Waals surface area contributed by atoms with Crippen molar-refractivity contribution in [2.75, 3.05) is 19.7 Å². The van der Waals surface area contributed by atoms with Crippen molar-refractivity contribution in [2.24, 2.45) is 0 Å². The Bertz CT molecular complexity index is 673. The normalized spacial score (nSPS) is 19.3. The number of amides is 1. The molecule has 1 aromatic rings. The molecule has 1 fully saturated rings. The van der Waals surface area contributed by atoms with Gasteiger partial charge >= 0.3 is 0 Å². The van der Waals surface area contributed by atoms with E-state index in [1.807, 2.05) is 6.92 Å². The van der Waals surface area contributed by atoms with Gasteiger partial charge in [-0.2, -0.15) is 4.31 Å². The van der Waals surface area contributed by atoms with Crippen molar-refractivity contribution in [1.29, 1.82) is 0 Å². The molecule has 1 aliphatic rings. The average molecular weight is 340 g/mol. The number of rotatable bonds is 5. The van der Waals surface area contributed by atoms with Crippen LogP contribution in [-0.2, 0) is 14.8 Å². The molecule has 0 saturated carbocycles. The lowest BCUT2D eigenvalue weighted by Gasteiger charge is -2.32. The Hall–Kier alpha value is -1.60. The number of aryl methyl sites for hydroxylation is 1. The lowest BCUT2D eigenvalue weighted by molar-refractivity contribution is -0.119. The number of benzene rings is 1. The first-order valence-electron chi connectivity index (χ1n) is 7.85. The van der Waals surface area contributed by atoms with Crippen LogP contribution in [0.4, 0.5) is 0 Å². The van der Waals surface area contributed by atoms with E-state index in [0.29, 0.717) is 35.9 Å². The van der Waals surface area contributed by atoms with Crippen LogP contribution in [0.3, 0.4) is 0 Å². The number of hydrogen-bond acceptors (Lipinski definition) is 4. The van der Waals surface area contributed by atoms with Gasteiger partial charge < -0.3 is 10.1 Å². The number of carbonyl (C=O) groups excluding carboxylic acids is 1. The van der Waals surface area contributed by atoms with Gasteiger partial charge in [0.1, 0.15) is 5.75 Å². The van der Waals surface area contributed by atoms with Gasteiger partial charge in [0.25, 0.3) is 0 Å². The van der Waals surface area contributed by atoms with Crippen LogP contribution < -0.4 is 10.1 Å². The van der Waals surface area contributed by atoms with Crippen molar-refractivity contribution >= 4 is 15.9 Å². The molecule has 1 N–H and O–H groups in total. The Labute approximate surface area is 137 Å². The lowest BCUT2D eigenvalue weighted by atomic mass is 10.1. The Balaban J connectivity index is 2.22. The number of piperidine rings is 1. The summed E-state index contributed by atoms with van der Waals surface area (Å²) < 4.78 is 32.6. The second-order valence-corrected chi connectivity index (χ2v) is 7.67. The molecular weight excluding hydrogens is 316 g/mol. The van der Waals surface area contributed by atoms with Crippen LogP contribution in [0.15, 0.2) is 23.1 Å². The van der Waals surface area contributed by atoms with Crippen LogP contribution in [0.25, 0.3) is 0 Å². The molecule has 0 bridgehead atoms. The second kappa shape index (κ2) is 7.31. The number of nitrogens with one attached hydrogen (secondary N) is 1. The van der Waals surface area contributed by atoms with Crippen LogP contribution >= 0.6 is 0 Å². The molecule has 0 spiro atoms. The third-order valence-electron chi connectivity index (χ3n) is 3.87. The molecular formula is C16H24N2O4S. The third kappa shape index (κ3) is 4.23. The fourth-order valence-electron chi connectivity index (χ4n) is 2.87. The minimum atomic E-state index is -3.57. The first-order valence-corrected chi connectivity index (χ1v) is 9.29. The highest BCUT2D eigenvalue weighted by Crippen LogP contribution is 2.26. The van der Waals surface area contributed by atoms with Gasteiger partial charge in [0.15, 0.2) is 0 Å². The number of carbonyl (C=O) groups is 1. The summed E-state index contributed by atoms with van der Waals surface area (Å²) in [5.74, 6) is 0.533. The smallest absolute Gasteiger partial charge is 0.243 e. The minimum absolute atomic E-state index is 0.126. The van der Waals surface area contributed by atoms with Crippen molar-refractivity contribution in [3.8, 4) is 5.75 Å². The van der Waals surface area contributed by atoms with Gasteiger partial charge in [0.05, 0.1) is 11.5 Å². The molecule has 1 heterocycles. The van der Waals surface area contributed by atoms with Gasteiger partial charge in [0, 0.05) is 26.1 Å². The number of nitrogens with zero attached hydrogens (tertiary/aromatic N) is 1. The fraction of sp³-hybridized carbons (Fsp3) is 0.562. The SMILES string of the molecule is CCOc1ccc(S(=O)(=O)N2CCC[C@@H](NC(C)=O)C2)c(C)c1. The van der Waals surface area contributed by atoms with Crippen molar-refractivity contribution in [2.45, 2.75) is 44.6 Å². The molecule has 1 atom stereocenters. The van der Waals surface area contributed by atoms with Crippen molar-refractivity contribution in [3.05, 3.63) is 23.8 Å². The number of hydrogen-bond donors (Lipinski definition) is 1. The molecule has 23 heavy (non-hydrogen) atoms. The monoisotopic (exact) mass is 340 g/mol. The maximum Gasteiger partial charge on any atom is 0.243 e. The molecule has 0 aliphatic carbocycles. The number of sulfonamides is 1. The van der Waals surface area contributed by atoms with E-state index in [1.54, 1.807) is 25.1 Å². The summed E-state index contributed by atoms with van der Waals surface area (Å²) in [7, 11) is -3.57. The van der Waals surface area contributed by atoms with Gasteiger partial charge in [-0.25, -0.2) is 8.42 Å². The van der Waals surface area contributed by atoms with Crippen LogP contribution in [0.2, 0.25) is 0 Å². The van der Waals surface area contributed by atoms with Crippen LogP contribution in [0.5, 0.6) is 5.75 Å². The molecule has 6 nitrogen and oxygen atoms in total. The van der Waals surface area contributed by atoms with Gasteiger partial charge in [0.2, 0.25) is 15.9 Å². The number of ether oxygens (including phenoxy) is 1. The minimum Gasteiger partial charge on any atom is -0.494 e. The standard InChI is InChI=1S/C16H24N2O4S/c1-4-22-15-7-8-16(12(2)10-15)23(20,21)18-9-5-6-14(11-18)17-13(3)19/h7-8,10,14H,4-6,9,11H2,1-3H3,(H,17,19)/t14-/m1/s1. The maximum atomic E-state index is 12.9. The highest BCUT2D eigenvalue weighted by Gasteiger charge is 2.31. The summed E-state index contributed by atoms with van der Waals surface area (Å²) >= 11 is 0. The summed E-state index contributed by atoms with van der Waals surface area (Å²) in [6.07, 6.45) is 1.54. The first-order chi connectivity index (χ1) is 10.8. The summed E-state index contributed by atoms with van der Waals surface area (Å²) in [6, 6.07) is 4.89. The van der Waals surface area contributed by atoms with Crippen molar-refractivity contribution < 1.29 is 17.9 Å². The zero-order valence-electron chi connectivity index (χ0n) is 13.8. The predicted octanol–water partition coefficient (Wildman–Crippen LogP) is 1.68. The van der Waals surface area contributed by atoms with E-state index in [4.69, 9.17) is 4.74 Å². The molecule has 2 rings (SSSR count). The zero-order chi connectivity index (χ0) is 17.0. The van der Waals surface area contributed by atoms with Crippen LogP contribution in [0, 0.1) is 6.92 Å². The summed E-state index contributed by atoms with van der Waals surface area (Å²) in [4.78, 5) is 11.5. The van der Waals surface area contributed by atoms with Gasteiger partial charge in [-0.15, -0.1) is 0 Å². The topological polar surface area (TPSA) is 75.7 Å². The van der Waals surface area contributed by atoms with Crippen LogP contribution in [-0.4, -0.2) is 44.4 Å². The van der Waals surface area contributed by atoms with E-state index >= 15 is 0 Å². The lowest BCUT2D eigenvalue weighted by Crippen LogP contribution is -2.49. The molecule has 1 saturated heterocycles. The summed E-state index contributed by atoms with van der Waals surface area (Å²) in [5, 5.41) is 2.81. The predicted molar refractivity (Wildman–Crippen MR) is 87.9 cm³/mol. The quantitative estimate of drug-likeness (QED) is 0.885. The van der Waals surface area contributed by atoms with Crippen LogP contribution in [0.1, 0.15) is 32.3 Å². The van der Waals surface area contributed by atoms with E-state index in [0.717, 1.165) is 12.8 Å². The summed E-state index contributed by atoms with van der Waals surface area (Å²) in [5.41, 5.74) is 0.664. The van der Waals surface area contributed by atoms with Gasteiger partial charge in [-0.1, -0.05) is 0 Å². The Kier molecular flexibility index (Phi) is 5.64. The zero-order valence-corrected chi connectivity index (χ0v) is 14.6. The molecule has 1 aromatic carbocycles. The average Bonchev–Trinajstić information content (AvgIpc) is 2.47. The fourth-order valence-corrected chi connectivity index (χ4v) is 4.60. The molecule has 0 unspecified atom stereocenters. The maximum absolute atomic E-state index is 12.9. The molecule has 7 heteroatoms. The molecule has 0 radical (unpaired) electrons. The van der Waals surface area contributed by atoms with Crippen molar-refractivity contribution in [3.63, 3.8) is 0 Å². The Morgan fingerprint density at radius 3 is 2.78 bits per heavy atom. The second-order valence-electron chi connectivity index (χ2n) is 5.76. The highest BCUT2D eigenvalue weighted by molar-refractivity contribution is 7.89. The molecule has 128 valence electrons. The van der Waals surface area contributed by atoms with E-state index in [-0.39, 0.29) is 11.9 Å². The molecule has 1 amide bonds. The van der Waals surface area contributed by atoms with Gasteiger partial charge in [-0.3, -0.25) is 4.79 Å². The van der Waals surface area contributed by atoms with E-state index < -0.39 is 10.0 Å². The Morgan fingerprint density at radius 2 is 2.17 bits per heavy atom. The highest BCUT2D eigenvalue weighted by atomic mass is 32.2. The third-order valence-corrected chi connectivity index (χ3v) is 5.89. The van der Waals surface area contributed by atoms with E-state index in [9.17, 15) is 13.2 Å². The van der Waals surface area contributed by atoms with E-state index in [2.05, 4.69) is 5.32 Å². The van der Waals surface area contributed by atoms with Gasteiger partial charge in [-0.05, 0) is 50.5 Å².